The summed E-state index contributed by atoms with van der Waals surface area (Å²) < 4.78 is 0. The minimum atomic E-state index is -0.455. The Morgan fingerprint density at radius 1 is 0.839 bits per heavy atom. The highest BCUT2D eigenvalue weighted by atomic mass is 32.2. The zero-order valence-corrected chi connectivity index (χ0v) is 36.6. The van der Waals surface area contributed by atoms with Crippen LogP contribution in [-0.4, -0.2) is 71.0 Å². The topological polar surface area (TPSA) is 137 Å². The van der Waals surface area contributed by atoms with Crippen molar-refractivity contribution >= 4 is 35.4 Å². The summed E-state index contributed by atoms with van der Waals surface area (Å²) in [5.41, 5.74) is 0.465. The van der Waals surface area contributed by atoms with Gasteiger partial charge in [-0.25, -0.2) is 4.79 Å². The van der Waals surface area contributed by atoms with Crippen molar-refractivity contribution < 1.29 is 24.3 Å². The smallest absolute Gasteiger partial charge is 0.315 e. The number of aliphatic hydroxyl groups is 1. The predicted molar refractivity (Wildman–Crippen MR) is 224 cm³/mol. The first kappa shape index (κ1) is 42.1. The Labute approximate surface area is 341 Å². The first-order valence-electron chi connectivity index (χ1n) is 22.6. The molecule has 7 aliphatic rings. The summed E-state index contributed by atoms with van der Waals surface area (Å²) >= 11 is 1.92. The molecule has 0 spiro atoms. The molecule has 5 aliphatic carbocycles. The van der Waals surface area contributed by atoms with Crippen molar-refractivity contribution in [2.24, 2.45) is 50.2 Å². The Bertz CT molecular complexity index is 1580. The van der Waals surface area contributed by atoms with Gasteiger partial charge < -0.3 is 26.4 Å². The number of carbonyl (C=O) groups is 4. The number of thioether (sulfide) groups is 1. The van der Waals surface area contributed by atoms with E-state index in [4.69, 9.17) is 0 Å². The van der Waals surface area contributed by atoms with Gasteiger partial charge in [0.1, 0.15) is 0 Å². The summed E-state index contributed by atoms with van der Waals surface area (Å²) in [6.07, 6.45) is 17.9. The van der Waals surface area contributed by atoms with Crippen LogP contribution in [0.5, 0.6) is 0 Å². The zero-order chi connectivity index (χ0) is 40.3. The second-order valence-electron chi connectivity index (χ2n) is 21.5. The van der Waals surface area contributed by atoms with Crippen LogP contribution >= 0.6 is 11.8 Å². The molecule has 4 saturated carbocycles. The normalized spacial score (nSPS) is 43.5. The molecule has 9 nitrogen and oxygen atoms in total. The van der Waals surface area contributed by atoms with E-state index in [0.29, 0.717) is 36.5 Å². The first-order chi connectivity index (χ1) is 26.4. The van der Waals surface area contributed by atoms with Gasteiger partial charge in [0.25, 0.3) is 0 Å². The standard InChI is InChI=1S/C46H74N4O5S/c1-41(2)34-16-19-46(7)38(44(34,5)18-17-35(41)52)32(51)26-29-30-27-43(4,21-20-42(30,3)22-23-45(29,46)6)39(54)48-25-13-9-8-12-24-47-36(53)15-11-10-14-33-37-31(28-56-33)49-40(55)50-37/h26,30-31,33-35,37-38,52H,8-25,27-28H2,1-7H3,(H,47,53)(H,48,54)(H2,49,50,55)/t30-,31-,33-,34-,35-,37-,38+,42+,43-,44-,45+,46+/m0/s1. The maximum atomic E-state index is 14.6. The van der Waals surface area contributed by atoms with Crippen LogP contribution in [0.1, 0.15) is 158 Å². The van der Waals surface area contributed by atoms with E-state index in [0.717, 1.165) is 108 Å². The van der Waals surface area contributed by atoms with E-state index in [9.17, 15) is 24.3 Å². The Kier molecular flexibility index (Phi) is 11.7. The van der Waals surface area contributed by atoms with Gasteiger partial charge in [-0.1, -0.05) is 73.3 Å². The molecule has 12 atom stereocenters. The lowest BCUT2D eigenvalue weighted by atomic mass is 9.33. The number of allylic oxidation sites excluding steroid dienone is 2. The highest BCUT2D eigenvalue weighted by Gasteiger charge is 2.70. The summed E-state index contributed by atoms with van der Waals surface area (Å²) in [4.78, 5) is 52.6. The number of rotatable bonds is 13. The van der Waals surface area contributed by atoms with Gasteiger partial charge in [0, 0.05) is 41.8 Å². The van der Waals surface area contributed by atoms with Crippen LogP contribution in [0.25, 0.3) is 0 Å². The number of unbranched alkanes of at least 4 members (excludes halogenated alkanes) is 4. The zero-order valence-electron chi connectivity index (χ0n) is 35.7. The van der Waals surface area contributed by atoms with Crippen LogP contribution in [-0.2, 0) is 14.4 Å². The van der Waals surface area contributed by atoms with E-state index in [2.05, 4.69) is 75.8 Å². The van der Waals surface area contributed by atoms with Crippen LogP contribution in [0.4, 0.5) is 4.79 Å². The lowest BCUT2D eigenvalue weighted by Crippen LogP contribution is -2.66. The van der Waals surface area contributed by atoms with E-state index in [-0.39, 0.29) is 74.9 Å². The number of aliphatic hydroxyl groups excluding tert-OH is 1. The second kappa shape index (κ2) is 15.5. The summed E-state index contributed by atoms with van der Waals surface area (Å²) in [5, 5.41) is 23.9. The van der Waals surface area contributed by atoms with E-state index in [1.807, 2.05) is 11.8 Å². The van der Waals surface area contributed by atoms with E-state index >= 15 is 0 Å². The number of hydrogen-bond acceptors (Lipinski definition) is 6. The largest absolute Gasteiger partial charge is 0.393 e. The van der Waals surface area contributed by atoms with Crippen molar-refractivity contribution in [1.82, 2.24) is 21.3 Å². The third-order valence-electron chi connectivity index (χ3n) is 17.9. The number of fused-ring (bicyclic) bond motifs is 8. The maximum Gasteiger partial charge on any atom is 0.315 e. The molecule has 0 aromatic heterocycles. The summed E-state index contributed by atoms with van der Waals surface area (Å²) in [5.74, 6) is 2.09. The summed E-state index contributed by atoms with van der Waals surface area (Å²) in [6.45, 7) is 17.7. The van der Waals surface area contributed by atoms with E-state index in [1.165, 1.54) is 5.57 Å². The molecule has 56 heavy (non-hydrogen) atoms. The molecule has 2 saturated heterocycles. The fourth-order valence-electron chi connectivity index (χ4n) is 14.0. The molecule has 0 unspecified atom stereocenters. The number of amides is 4. The van der Waals surface area contributed by atoms with Crippen molar-refractivity contribution in [2.45, 2.75) is 181 Å². The quantitative estimate of drug-likeness (QED) is 0.0953. The monoisotopic (exact) mass is 795 g/mol. The van der Waals surface area contributed by atoms with Crippen LogP contribution in [0, 0.1) is 50.2 Å². The molecule has 5 N–H and O–H groups in total. The van der Waals surface area contributed by atoms with Gasteiger partial charge in [0.15, 0.2) is 5.78 Å². The molecule has 314 valence electrons. The van der Waals surface area contributed by atoms with Crippen molar-refractivity contribution in [1.29, 1.82) is 0 Å². The minimum absolute atomic E-state index is 0.0321. The van der Waals surface area contributed by atoms with Crippen LogP contribution < -0.4 is 21.3 Å². The molecule has 0 radical (unpaired) electrons. The molecule has 2 aliphatic heterocycles. The van der Waals surface area contributed by atoms with Crippen LogP contribution in [0.3, 0.4) is 0 Å². The average Bonchev–Trinajstić information content (AvgIpc) is 3.70. The fourth-order valence-corrected chi connectivity index (χ4v) is 15.5. The van der Waals surface area contributed by atoms with E-state index < -0.39 is 5.41 Å². The van der Waals surface area contributed by atoms with Crippen LogP contribution in [0.2, 0.25) is 0 Å². The Morgan fingerprint density at radius 2 is 1.55 bits per heavy atom. The second-order valence-corrected chi connectivity index (χ2v) is 22.8. The third kappa shape index (κ3) is 7.18. The fraction of sp³-hybridized carbons (Fsp3) is 0.870. The Morgan fingerprint density at radius 3 is 2.30 bits per heavy atom. The Hall–Kier alpha value is -2.07. The molecule has 0 bridgehead atoms. The lowest BCUT2D eigenvalue weighted by Gasteiger charge is -2.70. The summed E-state index contributed by atoms with van der Waals surface area (Å²) in [7, 11) is 0. The van der Waals surface area contributed by atoms with Gasteiger partial charge in [-0.15, -0.1) is 0 Å². The number of hydrogen-bond donors (Lipinski definition) is 5. The molecule has 4 amide bonds. The molecule has 7 rings (SSSR count). The van der Waals surface area contributed by atoms with Gasteiger partial charge in [-0.2, -0.15) is 11.8 Å². The molecular weight excluding hydrogens is 721 g/mol. The van der Waals surface area contributed by atoms with Crippen molar-refractivity contribution in [3.63, 3.8) is 0 Å². The molecular formula is C46H74N4O5S. The first-order valence-corrected chi connectivity index (χ1v) is 23.6. The van der Waals surface area contributed by atoms with Crippen LogP contribution in [0.15, 0.2) is 11.6 Å². The van der Waals surface area contributed by atoms with Gasteiger partial charge in [0.05, 0.1) is 18.2 Å². The van der Waals surface area contributed by atoms with Crippen molar-refractivity contribution in [2.75, 3.05) is 18.8 Å². The average molecular weight is 795 g/mol. The highest BCUT2D eigenvalue weighted by Crippen LogP contribution is 2.75. The number of ketones is 1. The number of carbonyl (C=O) groups excluding carboxylic acids is 4. The van der Waals surface area contributed by atoms with E-state index in [1.54, 1.807) is 0 Å². The maximum absolute atomic E-state index is 14.6. The lowest BCUT2D eigenvalue weighted by molar-refractivity contribution is -0.202. The van der Waals surface area contributed by atoms with Gasteiger partial charge in [0.2, 0.25) is 11.8 Å². The highest BCUT2D eigenvalue weighted by molar-refractivity contribution is 8.00. The molecule has 0 aromatic rings. The minimum Gasteiger partial charge on any atom is -0.393 e. The van der Waals surface area contributed by atoms with Gasteiger partial charge >= 0.3 is 6.03 Å². The number of nitrogens with one attached hydrogen (secondary N) is 4. The third-order valence-corrected chi connectivity index (χ3v) is 19.4. The molecule has 10 heteroatoms. The number of urea groups is 1. The molecule has 6 fully saturated rings. The predicted octanol–water partition coefficient (Wildman–Crippen LogP) is 7.85. The SMILES string of the molecule is CC1(C)[C@@H](O)CC[C@]2(C)[C@H]3C(=O)C=C4[C@@H]5C[C@@](C)(C(=O)NCCCCCCNC(=O)CCCC[C@@H]6SC[C@@H]7NC(=O)N[C@@H]76)CC[C@]5(C)CC[C@@]4(C)[C@]3(C)CC[C@@H]12. The molecule has 0 aromatic carbocycles. The van der Waals surface area contributed by atoms with Gasteiger partial charge in [-0.3, -0.25) is 14.4 Å². The summed E-state index contributed by atoms with van der Waals surface area (Å²) in [6, 6.07) is 0.429. The van der Waals surface area contributed by atoms with Gasteiger partial charge in [-0.05, 0) is 128 Å². The van der Waals surface area contributed by atoms with Crippen molar-refractivity contribution in [3.8, 4) is 0 Å². The molecule has 2 heterocycles. The van der Waals surface area contributed by atoms with Crippen molar-refractivity contribution in [3.05, 3.63) is 11.6 Å². The Balaban J connectivity index is 0.860.